The summed E-state index contributed by atoms with van der Waals surface area (Å²) in [5, 5.41) is 9.03. The fourth-order valence-electron chi connectivity index (χ4n) is 2.92. The summed E-state index contributed by atoms with van der Waals surface area (Å²) in [5.74, 6) is -1.13. The van der Waals surface area contributed by atoms with Crippen molar-refractivity contribution in [3.63, 3.8) is 0 Å². The molecule has 3 atom stereocenters. The molecule has 0 aromatic carbocycles. The van der Waals surface area contributed by atoms with Crippen molar-refractivity contribution in [1.82, 2.24) is 4.90 Å². The summed E-state index contributed by atoms with van der Waals surface area (Å²) in [7, 11) is 0. The lowest BCUT2D eigenvalue weighted by molar-refractivity contribution is -0.143. The minimum Gasteiger partial charge on any atom is -0.481 e. The number of amides is 1. The second kappa shape index (κ2) is 5.69. The van der Waals surface area contributed by atoms with E-state index in [0.717, 1.165) is 25.9 Å². The fraction of sp³-hybridized carbons (Fsp3) is 0.846. The highest BCUT2D eigenvalue weighted by Gasteiger charge is 2.37. The zero-order valence-electron chi connectivity index (χ0n) is 10.8. The minimum atomic E-state index is -0.795. The molecule has 0 spiro atoms. The minimum absolute atomic E-state index is 0.0711. The van der Waals surface area contributed by atoms with Crippen LogP contribution in [0, 0.1) is 5.92 Å². The number of carboxylic acids is 1. The number of carbonyl (C=O) groups is 2. The summed E-state index contributed by atoms with van der Waals surface area (Å²) in [4.78, 5) is 24.8. The van der Waals surface area contributed by atoms with Crippen LogP contribution in [0.25, 0.3) is 0 Å². The van der Waals surface area contributed by atoms with Crippen molar-refractivity contribution in [2.45, 2.75) is 51.2 Å². The van der Waals surface area contributed by atoms with Gasteiger partial charge in [0, 0.05) is 25.6 Å². The lowest BCUT2D eigenvalue weighted by Gasteiger charge is -2.23. The van der Waals surface area contributed by atoms with Gasteiger partial charge in [-0.15, -0.1) is 0 Å². The highest BCUT2D eigenvalue weighted by atomic mass is 16.5. The Morgan fingerprint density at radius 3 is 2.72 bits per heavy atom. The van der Waals surface area contributed by atoms with Gasteiger partial charge < -0.3 is 14.7 Å². The first-order valence-corrected chi connectivity index (χ1v) is 6.73. The van der Waals surface area contributed by atoms with Crippen LogP contribution in [-0.4, -0.2) is 47.2 Å². The molecule has 5 heteroatoms. The number of ether oxygens (including phenoxy) is 1. The molecule has 0 aliphatic carbocycles. The van der Waals surface area contributed by atoms with Crippen LogP contribution in [0.15, 0.2) is 0 Å². The monoisotopic (exact) mass is 255 g/mol. The Labute approximate surface area is 107 Å². The number of carbonyl (C=O) groups excluding carboxylic acids is 1. The number of nitrogens with zero attached hydrogens (tertiary/aromatic N) is 1. The lowest BCUT2D eigenvalue weighted by atomic mass is 10.0. The van der Waals surface area contributed by atoms with Crippen LogP contribution >= 0.6 is 0 Å². The number of hydrogen-bond acceptors (Lipinski definition) is 3. The van der Waals surface area contributed by atoms with Gasteiger partial charge in [-0.3, -0.25) is 9.59 Å². The van der Waals surface area contributed by atoms with Crippen molar-refractivity contribution in [3.05, 3.63) is 0 Å². The molecule has 3 unspecified atom stereocenters. The van der Waals surface area contributed by atoms with Gasteiger partial charge in [-0.25, -0.2) is 0 Å². The van der Waals surface area contributed by atoms with E-state index in [1.165, 1.54) is 0 Å². The van der Waals surface area contributed by atoms with Crippen molar-refractivity contribution in [2.75, 3.05) is 13.2 Å². The van der Waals surface area contributed by atoms with Gasteiger partial charge in [0.1, 0.15) is 0 Å². The molecule has 2 aliphatic heterocycles. The van der Waals surface area contributed by atoms with E-state index in [0.29, 0.717) is 19.4 Å². The molecule has 1 N–H and O–H groups in total. The first kappa shape index (κ1) is 13.3. The Bertz CT molecular complexity index is 325. The van der Waals surface area contributed by atoms with Crippen molar-refractivity contribution in [2.24, 2.45) is 5.92 Å². The van der Waals surface area contributed by atoms with E-state index < -0.39 is 11.9 Å². The topological polar surface area (TPSA) is 66.8 Å². The van der Waals surface area contributed by atoms with Gasteiger partial charge >= 0.3 is 5.97 Å². The molecular weight excluding hydrogens is 234 g/mol. The smallest absolute Gasteiger partial charge is 0.308 e. The Hall–Kier alpha value is -1.10. The predicted octanol–water partition coefficient (Wildman–Crippen LogP) is 1.27. The van der Waals surface area contributed by atoms with Gasteiger partial charge in [-0.05, 0) is 32.6 Å². The zero-order valence-corrected chi connectivity index (χ0v) is 10.8. The molecule has 0 bridgehead atoms. The molecule has 2 rings (SSSR count). The standard InChI is InChI=1S/C13H21NO4/c1-9-11(13(16)17)6-7-14(9)12(15)5-4-10-3-2-8-18-10/h9-11H,2-8H2,1H3,(H,16,17). The Balaban J connectivity index is 1.80. The largest absolute Gasteiger partial charge is 0.481 e. The third kappa shape index (κ3) is 2.83. The van der Waals surface area contributed by atoms with E-state index >= 15 is 0 Å². The molecule has 2 heterocycles. The number of carboxylic acid groups (broad SMARTS) is 1. The number of likely N-dealkylation sites (tertiary alicyclic amines) is 1. The zero-order chi connectivity index (χ0) is 13.1. The average Bonchev–Trinajstić information content (AvgIpc) is 2.94. The van der Waals surface area contributed by atoms with E-state index in [1.54, 1.807) is 4.90 Å². The molecule has 0 aromatic heterocycles. The van der Waals surface area contributed by atoms with Crippen LogP contribution in [0.2, 0.25) is 0 Å². The maximum Gasteiger partial charge on any atom is 0.308 e. The summed E-state index contributed by atoms with van der Waals surface area (Å²) in [6.07, 6.45) is 4.16. The summed E-state index contributed by atoms with van der Waals surface area (Å²) >= 11 is 0. The molecule has 102 valence electrons. The van der Waals surface area contributed by atoms with Gasteiger partial charge in [-0.2, -0.15) is 0 Å². The normalized spacial score (nSPS) is 31.8. The first-order chi connectivity index (χ1) is 8.59. The van der Waals surface area contributed by atoms with Crippen molar-refractivity contribution in [3.8, 4) is 0 Å². The van der Waals surface area contributed by atoms with Crippen molar-refractivity contribution < 1.29 is 19.4 Å². The van der Waals surface area contributed by atoms with Gasteiger partial charge in [0.15, 0.2) is 0 Å². The van der Waals surface area contributed by atoms with Crippen LogP contribution < -0.4 is 0 Å². The maximum atomic E-state index is 12.1. The van der Waals surface area contributed by atoms with Crippen LogP contribution in [0.5, 0.6) is 0 Å². The van der Waals surface area contributed by atoms with Gasteiger partial charge in [0.05, 0.1) is 12.0 Å². The fourth-order valence-corrected chi connectivity index (χ4v) is 2.92. The Morgan fingerprint density at radius 1 is 1.39 bits per heavy atom. The molecule has 0 aromatic rings. The van der Waals surface area contributed by atoms with Gasteiger partial charge in [0.2, 0.25) is 5.91 Å². The molecule has 5 nitrogen and oxygen atoms in total. The average molecular weight is 255 g/mol. The van der Waals surface area contributed by atoms with E-state index in [4.69, 9.17) is 9.84 Å². The number of rotatable bonds is 4. The molecule has 2 fully saturated rings. The van der Waals surface area contributed by atoms with Gasteiger partial charge in [-0.1, -0.05) is 0 Å². The molecule has 0 radical (unpaired) electrons. The van der Waals surface area contributed by atoms with Crippen LogP contribution in [0.1, 0.15) is 39.0 Å². The second-order valence-electron chi connectivity index (χ2n) is 5.23. The van der Waals surface area contributed by atoms with E-state index in [1.807, 2.05) is 6.92 Å². The maximum absolute atomic E-state index is 12.1. The van der Waals surface area contributed by atoms with E-state index in [-0.39, 0.29) is 18.1 Å². The highest BCUT2D eigenvalue weighted by Crippen LogP contribution is 2.26. The summed E-state index contributed by atoms with van der Waals surface area (Å²) in [5.41, 5.74) is 0. The first-order valence-electron chi connectivity index (χ1n) is 6.73. The van der Waals surface area contributed by atoms with Crippen LogP contribution in [0.3, 0.4) is 0 Å². The third-order valence-electron chi connectivity index (χ3n) is 4.10. The van der Waals surface area contributed by atoms with E-state index in [2.05, 4.69) is 0 Å². The molecule has 2 saturated heterocycles. The molecule has 1 amide bonds. The number of aliphatic carboxylic acids is 1. The molecule has 2 aliphatic rings. The Kier molecular flexibility index (Phi) is 4.22. The van der Waals surface area contributed by atoms with E-state index in [9.17, 15) is 9.59 Å². The summed E-state index contributed by atoms with van der Waals surface area (Å²) < 4.78 is 5.49. The highest BCUT2D eigenvalue weighted by molar-refractivity contribution is 5.79. The lowest BCUT2D eigenvalue weighted by Crippen LogP contribution is -2.37. The van der Waals surface area contributed by atoms with Crippen molar-refractivity contribution >= 4 is 11.9 Å². The molecule has 0 saturated carbocycles. The predicted molar refractivity (Wildman–Crippen MR) is 65.1 cm³/mol. The summed E-state index contributed by atoms with van der Waals surface area (Å²) in [6.45, 7) is 3.21. The molecular formula is C13H21NO4. The van der Waals surface area contributed by atoms with Gasteiger partial charge in [0.25, 0.3) is 0 Å². The second-order valence-corrected chi connectivity index (χ2v) is 5.23. The third-order valence-corrected chi connectivity index (χ3v) is 4.10. The SMILES string of the molecule is CC1C(C(=O)O)CCN1C(=O)CCC1CCCO1. The van der Waals surface area contributed by atoms with Crippen LogP contribution in [0.4, 0.5) is 0 Å². The molecule has 18 heavy (non-hydrogen) atoms. The Morgan fingerprint density at radius 2 is 2.17 bits per heavy atom. The number of hydrogen-bond donors (Lipinski definition) is 1. The quantitative estimate of drug-likeness (QED) is 0.821. The summed E-state index contributed by atoms with van der Waals surface area (Å²) in [6, 6.07) is -0.181. The van der Waals surface area contributed by atoms with Crippen LogP contribution in [-0.2, 0) is 14.3 Å². The van der Waals surface area contributed by atoms with Crippen molar-refractivity contribution in [1.29, 1.82) is 0 Å².